The zero-order chi connectivity index (χ0) is 17.0. The van der Waals surface area contributed by atoms with E-state index in [0.29, 0.717) is 31.5 Å². The molecule has 1 aliphatic heterocycles. The highest BCUT2D eigenvalue weighted by molar-refractivity contribution is 5.95. The van der Waals surface area contributed by atoms with Crippen molar-refractivity contribution in [1.82, 2.24) is 14.7 Å². The van der Waals surface area contributed by atoms with Gasteiger partial charge in [-0.2, -0.15) is 5.10 Å². The van der Waals surface area contributed by atoms with Crippen LogP contribution in [0.4, 0.5) is 0 Å². The smallest absolute Gasteiger partial charge is 0.257 e. The first-order valence-corrected chi connectivity index (χ1v) is 8.59. The highest BCUT2D eigenvalue weighted by atomic mass is 16.3. The van der Waals surface area contributed by atoms with Crippen LogP contribution in [0, 0.1) is 12.3 Å². The molecule has 1 saturated heterocycles. The Hall–Kier alpha value is -1.40. The summed E-state index contributed by atoms with van der Waals surface area (Å²) in [5.41, 5.74) is 0.758. The molecule has 0 aromatic carbocycles. The Labute approximate surface area is 138 Å². The number of carbonyl (C=O) groups is 1. The Morgan fingerprint density at radius 2 is 2.17 bits per heavy atom. The molecule has 0 bridgehead atoms. The predicted octanol–water partition coefficient (Wildman–Crippen LogP) is 1.59. The summed E-state index contributed by atoms with van der Waals surface area (Å²) in [6.45, 7) is 7.57. The number of likely N-dealkylation sites (tertiary alicyclic amines) is 1. The van der Waals surface area contributed by atoms with Gasteiger partial charge >= 0.3 is 0 Å². The van der Waals surface area contributed by atoms with Gasteiger partial charge in [-0.15, -0.1) is 0 Å². The first kappa shape index (κ1) is 17.9. The van der Waals surface area contributed by atoms with E-state index < -0.39 is 11.5 Å². The van der Waals surface area contributed by atoms with E-state index in [0.717, 1.165) is 25.1 Å². The number of piperidine rings is 1. The lowest BCUT2D eigenvalue weighted by Crippen LogP contribution is -2.55. The van der Waals surface area contributed by atoms with Crippen LogP contribution >= 0.6 is 0 Å². The quantitative estimate of drug-likeness (QED) is 0.833. The molecule has 6 heteroatoms. The van der Waals surface area contributed by atoms with E-state index in [-0.39, 0.29) is 12.5 Å². The van der Waals surface area contributed by atoms with Crippen molar-refractivity contribution < 1.29 is 15.0 Å². The average Bonchev–Trinajstić information content (AvgIpc) is 2.90. The van der Waals surface area contributed by atoms with Gasteiger partial charge in [-0.3, -0.25) is 9.48 Å². The van der Waals surface area contributed by atoms with Crippen molar-refractivity contribution in [2.24, 2.45) is 5.41 Å². The summed E-state index contributed by atoms with van der Waals surface area (Å²) in [6, 6.07) is 0. The van der Waals surface area contributed by atoms with Crippen LogP contribution in [0.15, 0.2) is 6.20 Å². The molecule has 0 spiro atoms. The van der Waals surface area contributed by atoms with Crippen molar-refractivity contribution in [2.75, 3.05) is 19.7 Å². The Balaban J connectivity index is 2.19. The summed E-state index contributed by atoms with van der Waals surface area (Å²) in [4.78, 5) is 14.6. The maximum absolute atomic E-state index is 12.9. The van der Waals surface area contributed by atoms with Gasteiger partial charge in [0.2, 0.25) is 0 Å². The van der Waals surface area contributed by atoms with Crippen LogP contribution in [0.2, 0.25) is 0 Å². The lowest BCUT2D eigenvalue weighted by Gasteiger charge is -2.45. The van der Waals surface area contributed by atoms with Gasteiger partial charge < -0.3 is 15.1 Å². The molecule has 1 amide bonds. The third kappa shape index (κ3) is 3.58. The van der Waals surface area contributed by atoms with Crippen LogP contribution in [0.25, 0.3) is 0 Å². The van der Waals surface area contributed by atoms with Gasteiger partial charge in [0.05, 0.1) is 24.0 Å². The van der Waals surface area contributed by atoms with Gasteiger partial charge in [0.25, 0.3) is 5.91 Å². The molecule has 0 saturated carbocycles. The van der Waals surface area contributed by atoms with E-state index in [2.05, 4.69) is 12.0 Å². The van der Waals surface area contributed by atoms with Crippen LogP contribution in [-0.2, 0) is 6.54 Å². The molecular weight excluding hydrogens is 294 g/mol. The fourth-order valence-electron chi connectivity index (χ4n) is 3.54. The molecule has 1 aromatic heterocycles. The van der Waals surface area contributed by atoms with Gasteiger partial charge in [0.15, 0.2) is 0 Å². The number of aliphatic hydroxyl groups excluding tert-OH is 2. The van der Waals surface area contributed by atoms with Crippen molar-refractivity contribution >= 4 is 5.91 Å². The molecule has 130 valence electrons. The second-order valence-corrected chi connectivity index (χ2v) is 6.69. The Bertz CT molecular complexity index is 543. The van der Waals surface area contributed by atoms with Crippen LogP contribution in [-0.4, -0.2) is 56.6 Å². The van der Waals surface area contributed by atoms with E-state index in [9.17, 15) is 15.0 Å². The van der Waals surface area contributed by atoms with Crippen LogP contribution in [0.3, 0.4) is 0 Å². The predicted molar refractivity (Wildman–Crippen MR) is 88.2 cm³/mol. The summed E-state index contributed by atoms with van der Waals surface area (Å²) in [6.07, 6.45) is 4.31. The van der Waals surface area contributed by atoms with Gasteiger partial charge in [0, 0.05) is 31.2 Å². The molecule has 1 aliphatic rings. The van der Waals surface area contributed by atoms with Crippen molar-refractivity contribution in [3.63, 3.8) is 0 Å². The minimum atomic E-state index is -0.601. The van der Waals surface area contributed by atoms with Gasteiger partial charge in [0.1, 0.15) is 0 Å². The summed E-state index contributed by atoms with van der Waals surface area (Å²) in [7, 11) is 0. The molecule has 0 aliphatic carbocycles. The van der Waals surface area contributed by atoms with Crippen molar-refractivity contribution in [1.29, 1.82) is 0 Å². The zero-order valence-corrected chi connectivity index (χ0v) is 14.5. The van der Waals surface area contributed by atoms with E-state index >= 15 is 0 Å². The number of hydrogen-bond acceptors (Lipinski definition) is 4. The monoisotopic (exact) mass is 323 g/mol. The fourth-order valence-corrected chi connectivity index (χ4v) is 3.54. The molecule has 1 fully saturated rings. The number of carbonyl (C=O) groups excluding carboxylic acids is 1. The second kappa shape index (κ2) is 7.45. The lowest BCUT2D eigenvalue weighted by molar-refractivity contribution is -0.0720. The number of amides is 1. The number of rotatable bonds is 6. The maximum Gasteiger partial charge on any atom is 0.257 e. The maximum atomic E-state index is 12.9. The summed E-state index contributed by atoms with van der Waals surface area (Å²) < 4.78 is 1.81. The molecule has 0 radical (unpaired) electrons. The lowest BCUT2D eigenvalue weighted by atomic mass is 9.74. The number of aliphatic hydroxyl groups is 2. The molecule has 2 heterocycles. The van der Waals surface area contributed by atoms with Crippen molar-refractivity contribution in [3.05, 3.63) is 17.5 Å². The molecular formula is C17H29N3O3. The first-order chi connectivity index (χ1) is 11.0. The third-order valence-corrected chi connectivity index (χ3v) is 4.86. The summed E-state index contributed by atoms with van der Waals surface area (Å²) in [5, 5.41) is 24.6. The van der Waals surface area contributed by atoms with Crippen molar-refractivity contribution in [3.8, 4) is 0 Å². The zero-order valence-electron chi connectivity index (χ0n) is 14.5. The molecule has 1 aromatic rings. The van der Waals surface area contributed by atoms with Gasteiger partial charge in [-0.25, -0.2) is 0 Å². The van der Waals surface area contributed by atoms with Crippen LogP contribution in [0.1, 0.15) is 55.6 Å². The normalized spacial score (nSPS) is 24.9. The summed E-state index contributed by atoms with van der Waals surface area (Å²) >= 11 is 0. The molecule has 2 atom stereocenters. The largest absolute Gasteiger partial charge is 0.396 e. The molecule has 2 N–H and O–H groups in total. The fraction of sp³-hybridized carbons (Fsp3) is 0.765. The first-order valence-electron chi connectivity index (χ1n) is 8.59. The van der Waals surface area contributed by atoms with E-state index in [1.54, 1.807) is 4.90 Å². The Morgan fingerprint density at radius 3 is 2.78 bits per heavy atom. The van der Waals surface area contributed by atoms with E-state index in [4.69, 9.17) is 0 Å². The highest BCUT2D eigenvalue weighted by Crippen LogP contribution is 2.35. The topological polar surface area (TPSA) is 78.6 Å². The number of hydrogen-bond donors (Lipinski definition) is 2. The molecule has 6 nitrogen and oxygen atoms in total. The number of nitrogens with zero attached hydrogens (tertiary/aromatic N) is 3. The van der Waals surface area contributed by atoms with E-state index in [1.165, 1.54) is 0 Å². The van der Waals surface area contributed by atoms with Crippen LogP contribution in [0.5, 0.6) is 0 Å². The molecule has 23 heavy (non-hydrogen) atoms. The van der Waals surface area contributed by atoms with E-state index in [1.807, 2.05) is 24.7 Å². The molecule has 2 rings (SSSR count). The average molecular weight is 323 g/mol. The summed E-state index contributed by atoms with van der Waals surface area (Å²) in [5.74, 6) is -0.0503. The molecule has 0 unspecified atom stereocenters. The SMILES string of the molecule is CCCn1cc(C(=O)N2CC[C@@H](O)[C@@](CO)(CCC)C2)c(C)n1. The minimum Gasteiger partial charge on any atom is -0.396 e. The van der Waals surface area contributed by atoms with Crippen molar-refractivity contribution in [2.45, 2.75) is 59.1 Å². The highest BCUT2D eigenvalue weighted by Gasteiger charge is 2.43. The standard InChI is InChI=1S/C17H29N3O3/c1-4-7-17(12-21)11-19(9-6-15(17)22)16(23)14-10-20(8-5-2)18-13(14)3/h10,15,21-22H,4-9,11-12H2,1-3H3/t15-,17+/m1/s1. The number of aryl methyl sites for hydroxylation is 2. The third-order valence-electron chi connectivity index (χ3n) is 4.86. The van der Waals surface area contributed by atoms with Crippen LogP contribution < -0.4 is 0 Å². The minimum absolute atomic E-state index is 0.0503. The second-order valence-electron chi connectivity index (χ2n) is 6.69. The Morgan fingerprint density at radius 1 is 1.43 bits per heavy atom. The van der Waals surface area contributed by atoms with Gasteiger partial charge in [-0.05, 0) is 26.2 Å². The van der Waals surface area contributed by atoms with Gasteiger partial charge in [-0.1, -0.05) is 20.3 Å². The number of aromatic nitrogens is 2. The Kier molecular flexibility index (Phi) is 5.81.